The first kappa shape index (κ1) is 25.1. The van der Waals surface area contributed by atoms with Crippen LogP contribution in [0.15, 0.2) is 78.3 Å². The second-order valence-corrected chi connectivity index (χ2v) is 10.4. The number of hydrogen-bond donors (Lipinski definition) is 1. The molecule has 1 saturated heterocycles. The summed E-state index contributed by atoms with van der Waals surface area (Å²) in [5.74, 6) is -0.132. The van der Waals surface area contributed by atoms with Crippen molar-refractivity contribution < 1.29 is 18.3 Å². The summed E-state index contributed by atoms with van der Waals surface area (Å²) in [7, 11) is -3.73. The van der Waals surface area contributed by atoms with Crippen LogP contribution in [-0.4, -0.2) is 66.4 Å². The maximum absolute atomic E-state index is 13.1. The lowest BCUT2D eigenvalue weighted by Crippen LogP contribution is -2.50. The van der Waals surface area contributed by atoms with Gasteiger partial charge in [0.1, 0.15) is 0 Å². The van der Waals surface area contributed by atoms with Gasteiger partial charge in [-0.3, -0.25) is 9.78 Å². The fourth-order valence-corrected chi connectivity index (χ4v) is 5.52. The predicted molar refractivity (Wildman–Crippen MR) is 137 cm³/mol. The molecule has 0 aliphatic carbocycles. The van der Waals surface area contributed by atoms with E-state index in [9.17, 15) is 18.3 Å². The van der Waals surface area contributed by atoms with Crippen LogP contribution in [0.4, 0.5) is 0 Å². The van der Waals surface area contributed by atoms with E-state index in [4.69, 9.17) is 11.6 Å². The highest BCUT2D eigenvalue weighted by atomic mass is 35.5. The number of aromatic nitrogens is 1. The minimum Gasteiger partial charge on any atom is -0.396 e. The van der Waals surface area contributed by atoms with Crippen LogP contribution in [0.25, 0.3) is 16.8 Å². The number of aliphatic hydroxyl groups excluding tert-OH is 1. The number of halogens is 1. The highest BCUT2D eigenvalue weighted by Crippen LogP contribution is 2.24. The van der Waals surface area contributed by atoms with Crippen molar-refractivity contribution in [2.24, 2.45) is 0 Å². The van der Waals surface area contributed by atoms with Gasteiger partial charge in [0.2, 0.25) is 10.0 Å². The second-order valence-electron chi connectivity index (χ2n) is 8.15. The summed E-state index contributed by atoms with van der Waals surface area (Å²) in [4.78, 5) is 19.0. The summed E-state index contributed by atoms with van der Waals surface area (Å²) < 4.78 is 27.5. The fourth-order valence-electron chi connectivity index (χ4n) is 3.96. The van der Waals surface area contributed by atoms with Crippen LogP contribution < -0.4 is 0 Å². The van der Waals surface area contributed by atoms with E-state index in [0.29, 0.717) is 34.8 Å². The molecular formula is C26H26ClN3O4S. The predicted octanol–water partition coefficient (Wildman–Crippen LogP) is 3.91. The molecule has 0 radical (unpaired) electrons. The molecule has 1 N–H and O–H groups in total. The lowest BCUT2D eigenvalue weighted by molar-refractivity contribution is 0.0698. The van der Waals surface area contributed by atoms with Crippen LogP contribution >= 0.6 is 11.6 Å². The SMILES string of the molecule is O=C(c1ccc(-c2ccccn2)cc1)N1CCN(S(=O)(=O)C=C(CCO)c2ccc(Cl)cc2)CC1. The molecule has 35 heavy (non-hydrogen) atoms. The Morgan fingerprint density at radius 2 is 1.60 bits per heavy atom. The molecule has 182 valence electrons. The molecule has 3 aromatic rings. The van der Waals surface area contributed by atoms with E-state index in [0.717, 1.165) is 11.3 Å². The average molecular weight is 512 g/mol. The summed E-state index contributed by atoms with van der Waals surface area (Å²) in [6, 6.07) is 19.8. The molecule has 0 spiro atoms. The minimum absolute atomic E-state index is 0.132. The van der Waals surface area contributed by atoms with Crippen molar-refractivity contribution in [2.45, 2.75) is 6.42 Å². The quantitative estimate of drug-likeness (QED) is 0.519. The molecule has 1 aliphatic rings. The molecule has 0 bridgehead atoms. The average Bonchev–Trinajstić information content (AvgIpc) is 2.89. The van der Waals surface area contributed by atoms with Gasteiger partial charge in [-0.05, 0) is 54.0 Å². The zero-order valence-corrected chi connectivity index (χ0v) is 20.6. The number of pyridine rings is 1. The monoisotopic (exact) mass is 511 g/mol. The zero-order valence-electron chi connectivity index (χ0n) is 19.0. The third kappa shape index (κ3) is 6.15. The first-order chi connectivity index (χ1) is 16.9. The van der Waals surface area contributed by atoms with Gasteiger partial charge in [-0.25, -0.2) is 8.42 Å². The summed E-state index contributed by atoms with van der Waals surface area (Å²) in [5.41, 5.74) is 3.50. The third-order valence-corrected chi connectivity index (χ3v) is 7.78. The Balaban J connectivity index is 1.42. The van der Waals surface area contributed by atoms with Crippen molar-refractivity contribution in [3.05, 3.63) is 94.5 Å². The number of rotatable bonds is 7. The van der Waals surface area contributed by atoms with E-state index in [2.05, 4.69) is 4.98 Å². The Bertz CT molecular complexity index is 1290. The standard InChI is InChI=1S/C26H26ClN3O4S/c27-24-10-8-20(9-11-24)23(12-18-31)19-35(33,34)30-16-14-29(15-17-30)26(32)22-6-4-21(5-7-22)25-3-1-2-13-28-25/h1-11,13,19,31H,12,14-18H2. The summed E-state index contributed by atoms with van der Waals surface area (Å²) in [6.07, 6.45) is 1.92. The molecule has 2 heterocycles. The van der Waals surface area contributed by atoms with Crippen molar-refractivity contribution >= 4 is 33.1 Å². The Hall–Kier alpha value is -3.04. The Morgan fingerprint density at radius 3 is 2.20 bits per heavy atom. The van der Waals surface area contributed by atoms with Crippen molar-refractivity contribution in [3.63, 3.8) is 0 Å². The van der Waals surface area contributed by atoms with Gasteiger partial charge in [0, 0.05) is 60.5 Å². The molecular weight excluding hydrogens is 486 g/mol. The number of carbonyl (C=O) groups is 1. The topological polar surface area (TPSA) is 90.8 Å². The Kier molecular flexibility index (Phi) is 7.97. The van der Waals surface area contributed by atoms with Gasteiger partial charge in [0.05, 0.1) is 5.69 Å². The smallest absolute Gasteiger partial charge is 0.253 e. The number of benzene rings is 2. The van der Waals surface area contributed by atoms with Gasteiger partial charge in [-0.2, -0.15) is 4.31 Å². The van der Waals surface area contributed by atoms with Crippen molar-refractivity contribution in [1.82, 2.24) is 14.2 Å². The first-order valence-electron chi connectivity index (χ1n) is 11.3. The lowest BCUT2D eigenvalue weighted by Gasteiger charge is -2.33. The van der Waals surface area contributed by atoms with Gasteiger partial charge in [-0.15, -0.1) is 0 Å². The van der Waals surface area contributed by atoms with Gasteiger partial charge in [0.25, 0.3) is 5.91 Å². The van der Waals surface area contributed by atoms with Crippen LogP contribution in [0.5, 0.6) is 0 Å². The normalized spacial score (nSPS) is 15.3. The second kappa shape index (κ2) is 11.1. The molecule has 7 nitrogen and oxygen atoms in total. The number of hydrogen-bond acceptors (Lipinski definition) is 5. The van der Waals surface area contributed by atoms with Gasteiger partial charge >= 0.3 is 0 Å². The summed E-state index contributed by atoms with van der Waals surface area (Å²) >= 11 is 5.94. The number of nitrogens with zero attached hydrogens (tertiary/aromatic N) is 3. The molecule has 0 saturated carbocycles. The maximum Gasteiger partial charge on any atom is 0.253 e. The highest BCUT2D eigenvalue weighted by molar-refractivity contribution is 7.92. The highest BCUT2D eigenvalue weighted by Gasteiger charge is 2.28. The van der Waals surface area contributed by atoms with E-state index >= 15 is 0 Å². The Labute approximate surface area is 210 Å². The number of piperazine rings is 1. The zero-order chi connectivity index (χ0) is 24.8. The van der Waals surface area contributed by atoms with Gasteiger partial charge < -0.3 is 10.0 Å². The van der Waals surface area contributed by atoms with E-state index < -0.39 is 10.0 Å². The van der Waals surface area contributed by atoms with Crippen LogP contribution in [0.3, 0.4) is 0 Å². The molecule has 0 unspecified atom stereocenters. The molecule has 1 amide bonds. The van der Waals surface area contributed by atoms with E-state index in [1.807, 2.05) is 30.3 Å². The number of amides is 1. The largest absolute Gasteiger partial charge is 0.396 e. The van der Waals surface area contributed by atoms with E-state index in [1.165, 1.54) is 9.71 Å². The first-order valence-corrected chi connectivity index (χ1v) is 13.1. The minimum atomic E-state index is -3.73. The van der Waals surface area contributed by atoms with Crippen LogP contribution in [0.1, 0.15) is 22.3 Å². The number of sulfonamides is 1. The van der Waals surface area contributed by atoms with Crippen LogP contribution in [0, 0.1) is 0 Å². The molecule has 1 aromatic heterocycles. The van der Waals surface area contributed by atoms with E-state index in [1.54, 1.807) is 47.5 Å². The molecule has 1 aliphatic heterocycles. The molecule has 0 atom stereocenters. The maximum atomic E-state index is 13.1. The number of carbonyl (C=O) groups excluding carboxylic acids is 1. The molecule has 2 aromatic carbocycles. The molecule has 9 heteroatoms. The van der Waals surface area contributed by atoms with Gasteiger partial charge in [-0.1, -0.05) is 41.9 Å². The lowest BCUT2D eigenvalue weighted by atomic mass is 10.1. The van der Waals surface area contributed by atoms with Gasteiger partial charge in [0.15, 0.2) is 0 Å². The summed E-state index contributed by atoms with van der Waals surface area (Å²) in [6.45, 7) is 0.812. The van der Waals surface area contributed by atoms with E-state index in [-0.39, 0.29) is 32.0 Å². The van der Waals surface area contributed by atoms with Crippen LogP contribution in [0.2, 0.25) is 5.02 Å². The number of aliphatic hydroxyl groups is 1. The van der Waals surface area contributed by atoms with Crippen molar-refractivity contribution in [3.8, 4) is 11.3 Å². The van der Waals surface area contributed by atoms with Crippen LogP contribution in [-0.2, 0) is 10.0 Å². The van der Waals surface area contributed by atoms with Crippen molar-refractivity contribution in [1.29, 1.82) is 0 Å². The third-order valence-electron chi connectivity index (χ3n) is 5.87. The Morgan fingerprint density at radius 1 is 0.943 bits per heavy atom. The fraction of sp³-hybridized carbons (Fsp3) is 0.231. The summed E-state index contributed by atoms with van der Waals surface area (Å²) in [5, 5.41) is 11.2. The molecule has 4 rings (SSSR count). The molecule has 1 fully saturated rings. The van der Waals surface area contributed by atoms with Crippen molar-refractivity contribution in [2.75, 3.05) is 32.8 Å².